The summed E-state index contributed by atoms with van der Waals surface area (Å²) in [5.74, 6) is 0.878. The van der Waals surface area contributed by atoms with Gasteiger partial charge in [-0.2, -0.15) is 0 Å². The number of furan rings is 1. The van der Waals surface area contributed by atoms with Gasteiger partial charge in [-0.15, -0.1) is 0 Å². The predicted molar refractivity (Wildman–Crippen MR) is 116 cm³/mol. The Balaban J connectivity index is 1.88. The zero-order valence-electron chi connectivity index (χ0n) is 16.1. The zero-order chi connectivity index (χ0) is 19.8. The summed E-state index contributed by atoms with van der Waals surface area (Å²) in [6.45, 7) is 1.89. The first-order valence-corrected chi connectivity index (χ1v) is 9.79. The van der Waals surface area contributed by atoms with Crippen molar-refractivity contribution in [2.45, 2.75) is 12.8 Å². The van der Waals surface area contributed by atoms with Crippen LogP contribution in [0.5, 0.6) is 0 Å². The number of Topliss-reactive ketones (excluding diaryl/α,β-unsaturated/α-hetero) is 1. The lowest BCUT2D eigenvalue weighted by molar-refractivity contribution is 0.0960. The molecule has 29 heavy (non-hydrogen) atoms. The van der Waals surface area contributed by atoms with E-state index in [1.54, 1.807) is 0 Å². The predicted octanol–water partition coefficient (Wildman–Crippen LogP) is 6.53. The highest BCUT2D eigenvalue weighted by Gasteiger charge is 2.41. The normalized spacial score (nSPS) is 15.4. The van der Waals surface area contributed by atoms with Crippen LogP contribution < -0.4 is 0 Å². The molecule has 0 fully saturated rings. The van der Waals surface area contributed by atoms with Crippen LogP contribution in [0.15, 0.2) is 101 Å². The maximum atomic E-state index is 13.5. The third-order valence-electron chi connectivity index (χ3n) is 5.45. The number of allylic oxidation sites excluding steroid dienone is 1. The number of benzene rings is 3. The third-order valence-corrected chi connectivity index (χ3v) is 5.45. The molecule has 0 amide bonds. The highest BCUT2D eigenvalue weighted by Crippen LogP contribution is 2.49. The number of rotatable bonds is 3. The summed E-state index contributed by atoms with van der Waals surface area (Å²) < 4.78 is 5.86. The van der Waals surface area contributed by atoms with Crippen molar-refractivity contribution in [1.82, 2.24) is 0 Å². The van der Waals surface area contributed by atoms with Crippen LogP contribution in [-0.2, 0) is 0 Å². The Hall–Kier alpha value is -3.65. The smallest absolute Gasteiger partial charge is 0.210 e. The van der Waals surface area contributed by atoms with Crippen LogP contribution >= 0.6 is 0 Å². The minimum absolute atomic E-state index is 0.0265. The van der Waals surface area contributed by atoms with Gasteiger partial charge in [-0.25, -0.2) is 0 Å². The van der Waals surface area contributed by atoms with Gasteiger partial charge in [-0.1, -0.05) is 91.0 Å². The van der Waals surface area contributed by atoms with Crippen molar-refractivity contribution in [3.8, 4) is 0 Å². The van der Waals surface area contributed by atoms with Gasteiger partial charge in [0, 0.05) is 5.56 Å². The Labute approximate surface area is 170 Å². The highest BCUT2D eigenvalue weighted by atomic mass is 16.3. The first-order valence-electron chi connectivity index (χ1n) is 9.79. The van der Waals surface area contributed by atoms with E-state index in [1.807, 2.05) is 79.7 Å². The number of ketones is 1. The third kappa shape index (κ3) is 2.94. The summed E-state index contributed by atoms with van der Waals surface area (Å²) in [6.07, 6.45) is 0. The summed E-state index contributed by atoms with van der Waals surface area (Å²) >= 11 is 0. The van der Waals surface area contributed by atoms with E-state index in [4.69, 9.17) is 4.42 Å². The number of hydrogen-bond acceptors (Lipinski definition) is 2. The molecule has 0 saturated heterocycles. The molecule has 4 aromatic rings. The second kappa shape index (κ2) is 7.06. The molecule has 0 bridgehead atoms. The van der Waals surface area contributed by atoms with Crippen LogP contribution in [-0.4, -0.2) is 5.78 Å². The monoisotopic (exact) mass is 376 g/mol. The van der Waals surface area contributed by atoms with Gasteiger partial charge >= 0.3 is 0 Å². The topological polar surface area (TPSA) is 30.2 Å². The highest BCUT2D eigenvalue weighted by molar-refractivity contribution is 6.21. The van der Waals surface area contributed by atoms with Crippen LogP contribution in [0.3, 0.4) is 0 Å². The van der Waals surface area contributed by atoms with E-state index in [0.717, 1.165) is 39.2 Å². The first kappa shape index (κ1) is 17.4. The first-order chi connectivity index (χ1) is 14.2. The average Bonchev–Trinajstić information content (AvgIpc) is 3.27. The molecule has 1 atom stereocenters. The van der Waals surface area contributed by atoms with E-state index in [1.165, 1.54) is 0 Å². The van der Waals surface area contributed by atoms with Crippen LogP contribution in [0.2, 0.25) is 0 Å². The molecular formula is C27H20O2. The Morgan fingerprint density at radius 1 is 0.759 bits per heavy atom. The van der Waals surface area contributed by atoms with Crippen molar-refractivity contribution in [3.63, 3.8) is 0 Å². The Kier molecular flexibility index (Phi) is 4.25. The quantitative estimate of drug-likeness (QED) is 0.407. The minimum Gasteiger partial charge on any atom is -0.458 e. The van der Waals surface area contributed by atoms with Gasteiger partial charge in [0.15, 0.2) is 5.76 Å². The fraction of sp³-hybridized carbons (Fsp3) is 0.0741. The number of carbonyl (C=O) groups is 1. The van der Waals surface area contributed by atoms with Crippen LogP contribution in [0, 0.1) is 6.92 Å². The van der Waals surface area contributed by atoms with Gasteiger partial charge in [0.25, 0.3) is 0 Å². The second-order valence-electron chi connectivity index (χ2n) is 7.33. The molecule has 3 aromatic carbocycles. The summed E-state index contributed by atoms with van der Waals surface area (Å²) in [4.78, 5) is 13.5. The number of fused-ring (bicyclic) bond motifs is 1. The van der Waals surface area contributed by atoms with Crippen LogP contribution in [0.25, 0.3) is 11.1 Å². The lowest BCUT2D eigenvalue weighted by Gasteiger charge is -2.19. The largest absolute Gasteiger partial charge is 0.458 e. The average molecular weight is 376 g/mol. The molecule has 1 unspecified atom stereocenters. The second-order valence-corrected chi connectivity index (χ2v) is 7.33. The molecule has 1 heterocycles. The Morgan fingerprint density at radius 3 is 1.83 bits per heavy atom. The standard InChI is InChI=1S/C27H20O2/c1-18-17-22-25(24(26(28)27(22)29-18)21-15-9-4-10-16-21)23(19-11-5-2-6-12-19)20-13-7-3-8-14-20/h2-17,24H,1H3. The van der Waals surface area contributed by atoms with Gasteiger partial charge in [-0.3, -0.25) is 4.79 Å². The summed E-state index contributed by atoms with van der Waals surface area (Å²) in [7, 11) is 0. The van der Waals surface area contributed by atoms with Crippen LogP contribution in [0.4, 0.5) is 0 Å². The van der Waals surface area contributed by atoms with Crippen LogP contribution in [0.1, 0.15) is 44.5 Å². The van der Waals surface area contributed by atoms with Crippen molar-refractivity contribution in [3.05, 3.63) is 131 Å². The lowest BCUT2D eigenvalue weighted by Crippen LogP contribution is -2.08. The fourth-order valence-electron chi connectivity index (χ4n) is 4.24. The summed E-state index contributed by atoms with van der Waals surface area (Å²) in [5.41, 5.74) is 6.17. The van der Waals surface area contributed by atoms with E-state index in [-0.39, 0.29) is 11.7 Å². The Morgan fingerprint density at radius 2 is 1.28 bits per heavy atom. The molecule has 0 saturated carbocycles. The minimum atomic E-state index is -0.374. The lowest BCUT2D eigenvalue weighted by atomic mass is 9.83. The summed E-state index contributed by atoms with van der Waals surface area (Å²) in [6, 6.07) is 32.6. The van der Waals surface area contributed by atoms with Gasteiger partial charge in [0.2, 0.25) is 5.78 Å². The van der Waals surface area contributed by atoms with Gasteiger partial charge in [0.05, 0.1) is 5.92 Å². The molecular weight excluding hydrogens is 356 g/mol. The van der Waals surface area contributed by atoms with Crippen molar-refractivity contribution in [2.24, 2.45) is 0 Å². The number of hydrogen-bond donors (Lipinski definition) is 0. The molecule has 5 rings (SSSR count). The van der Waals surface area contributed by atoms with Crippen molar-refractivity contribution >= 4 is 16.9 Å². The number of carbonyl (C=O) groups excluding carboxylic acids is 1. The van der Waals surface area contributed by atoms with Gasteiger partial charge < -0.3 is 4.42 Å². The Bertz CT molecular complexity index is 1160. The van der Waals surface area contributed by atoms with E-state index in [9.17, 15) is 4.79 Å². The number of aryl methyl sites for hydroxylation is 1. The fourth-order valence-corrected chi connectivity index (χ4v) is 4.24. The van der Waals surface area contributed by atoms with Crippen molar-refractivity contribution in [2.75, 3.05) is 0 Å². The molecule has 0 N–H and O–H groups in total. The molecule has 1 aromatic heterocycles. The maximum absolute atomic E-state index is 13.5. The SMILES string of the molecule is Cc1cc2c(o1)C(=O)C(c1ccccc1)C2=C(c1ccccc1)c1ccccc1. The van der Waals surface area contributed by atoms with Gasteiger partial charge in [0.1, 0.15) is 5.76 Å². The molecule has 1 aliphatic carbocycles. The zero-order valence-corrected chi connectivity index (χ0v) is 16.1. The molecule has 2 nitrogen and oxygen atoms in total. The van der Waals surface area contributed by atoms with Crippen molar-refractivity contribution < 1.29 is 9.21 Å². The van der Waals surface area contributed by atoms with E-state index < -0.39 is 0 Å². The molecule has 2 heteroatoms. The molecule has 0 spiro atoms. The van der Waals surface area contributed by atoms with E-state index >= 15 is 0 Å². The molecule has 140 valence electrons. The maximum Gasteiger partial charge on any atom is 0.210 e. The van der Waals surface area contributed by atoms with Gasteiger partial charge in [-0.05, 0) is 40.8 Å². The van der Waals surface area contributed by atoms with Crippen molar-refractivity contribution in [1.29, 1.82) is 0 Å². The summed E-state index contributed by atoms with van der Waals surface area (Å²) in [5, 5.41) is 0. The molecule has 0 radical (unpaired) electrons. The van der Waals surface area contributed by atoms with E-state index in [2.05, 4.69) is 24.3 Å². The van der Waals surface area contributed by atoms with E-state index in [0.29, 0.717) is 5.76 Å². The molecule has 1 aliphatic rings. The molecule has 0 aliphatic heterocycles.